The summed E-state index contributed by atoms with van der Waals surface area (Å²) in [5.74, 6) is -0.230. The van der Waals surface area contributed by atoms with Gasteiger partial charge in [0, 0.05) is 0 Å². The molecule has 2 rings (SSSR count). The van der Waals surface area contributed by atoms with E-state index in [0.717, 1.165) is 37.7 Å². The van der Waals surface area contributed by atoms with Gasteiger partial charge >= 0.3 is 6.36 Å². The van der Waals surface area contributed by atoms with Crippen LogP contribution in [0.25, 0.3) is 0 Å². The maximum atomic E-state index is 12.1. The molecule has 1 N–H and O–H groups in total. The summed E-state index contributed by atoms with van der Waals surface area (Å²) >= 11 is 0. The summed E-state index contributed by atoms with van der Waals surface area (Å²) in [5, 5.41) is 10.5. The van der Waals surface area contributed by atoms with Crippen molar-refractivity contribution in [3.05, 3.63) is 29.8 Å². The minimum Gasteiger partial charge on any atom is -0.406 e. The number of alkyl halides is 3. The lowest BCUT2D eigenvalue weighted by Gasteiger charge is -2.33. The Kier molecular flexibility index (Phi) is 4.81. The highest BCUT2D eigenvalue weighted by Gasteiger charge is 2.38. The maximum Gasteiger partial charge on any atom is 0.573 e. The van der Waals surface area contributed by atoms with Crippen molar-refractivity contribution in [2.75, 3.05) is 0 Å². The van der Waals surface area contributed by atoms with Gasteiger partial charge in [-0.15, -0.1) is 13.2 Å². The average molecular weight is 302 g/mol. The molecule has 5 heteroatoms. The molecule has 21 heavy (non-hydrogen) atoms. The van der Waals surface area contributed by atoms with Crippen LogP contribution in [0, 0.1) is 5.41 Å². The number of halogens is 3. The van der Waals surface area contributed by atoms with Gasteiger partial charge in [-0.25, -0.2) is 0 Å². The predicted octanol–water partition coefficient (Wildman–Crippen LogP) is 4.46. The number of rotatable bonds is 5. The number of hydrogen-bond donors (Lipinski definition) is 1. The van der Waals surface area contributed by atoms with Crippen LogP contribution in [0.15, 0.2) is 24.3 Å². The van der Waals surface area contributed by atoms with Crippen molar-refractivity contribution in [2.24, 2.45) is 5.41 Å². The van der Waals surface area contributed by atoms with Crippen LogP contribution < -0.4 is 4.74 Å². The predicted molar refractivity (Wildman–Crippen MR) is 74.0 cm³/mol. The lowest BCUT2D eigenvalue weighted by Crippen LogP contribution is -2.33. The van der Waals surface area contributed by atoms with E-state index in [1.165, 1.54) is 12.1 Å². The number of aliphatic hydroxyl groups is 1. The van der Waals surface area contributed by atoms with E-state index in [-0.39, 0.29) is 11.2 Å². The second-order valence-electron chi connectivity index (χ2n) is 5.83. The summed E-state index contributed by atoms with van der Waals surface area (Å²) in [4.78, 5) is 0. The van der Waals surface area contributed by atoms with Crippen molar-refractivity contribution in [1.82, 2.24) is 0 Å². The standard InChI is InChI=1S/C16H21F3O2/c1-2-15(9-3-4-10-15)14(20)11-12-5-7-13(8-6-12)21-16(17,18)19/h5-8,14,20H,2-4,9-11H2,1H3. The molecule has 1 fully saturated rings. The quantitative estimate of drug-likeness (QED) is 0.870. The smallest absolute Gasteiger partial charge is 0.406 e. The third-order valence-corrected chi connectivity index (χ3v) is 4.60. The first kappa shape index (κ1) is 16.1. The second kappa shape index (κ2) is 6.26. The molecule has 1 saturated carbocycles. The normalized spacial score (nSPS) is 19.5. The highest BCUT2D eigenvalue weighted by atomic mass is 19.4. The van der Waals surface area contributed by atoms with Crippen LogP contribution in [0.3, 0.4) is 0 Å². The molecule has 0 spiro atoms. The molecule has 2 nitrogen and oxygen atoms in total. The minimum absolute atomic E-state index is 0.0266. The molecule has 0 saturated heterocycles. The number of hydrogen-bond acceptors (Lipinski definition) is 2. The van der Waals surface area contributed by atoms with Gasteiger partial charge in [0.25, 0.3) is 0 Å². The molecule has 0 heterocycles. The monoisotopic (exact) mass is 302 g/mol. The highest BCUT2D eigenvalue weighted by molar-refractivity contribution is 5.28. The number of benzene rings is 1. The van der Waals surface area contributed by atoms with Gasteiger partial charge in [-0.2, -0.15) is 0 Å². The Morgan fingerprint density at radius 1 is 1.19 bits per heavy atom. The van der Waals surface area contributed by atoms with Gasteiger partial charge in [0.2, 0.25) is 0 Å². The fourth-order valence-electron chi connectivity index (χ4n) is 3.27. The number of aliphatic hydroxyl groups excluding tert-OH is 1. The highest BCUT2D eigenvalue weighted by Crippen LogP contribution is 2.44. The first-order chi connectivity index (χ1) is 9.85. The topological polar surface area (TPSA) is 29.5 Å². The summed E-state index contributed by atoms with van der Waals surface area (Å²) in [7, 11) is 0. The molecule has 1 aromatic rings. The fraction of sp³-hybridized carbons (Fsp3) is 0.625. The zero-order chi connectivity index (χ0) is 15.5. The molecule has 0 aromatic heterocycles. The molecule has 1 aromatic carbocycles. The number of ether oxygens (including phenoxy) is 1. The molecule has 1 aliphatic rings. The summed E-state index contributed by atoms with van der Waals surface area (Å²) in [5.41, 5.74) is 0.804. The van der Waals surface area contributed by atoms with Crippen molar-refractivity contribution in [2.45, 2.75) is 57.9 Å². The van der Waals surface area contributed by atoms with Crippen molar-refractivity contribution in [3.8, 4) is 5.75 Å². The van der Waals surface area contributed by atoms with Gasteiger partial charge in [0.1, 0.15) is 5.75 Å². The first-order valence-corrected chi connectivity index (χ1v) is 7.37. The Morgan fingerprint density at radius 3 is 2.24 bits per heavy atom. The zero-order valence-electron chi connectivity index (χ0n) is 12.1. The Morgan fingerprint density at radius 2 is 1.76 bits per heavy atom. The average Bonchev–Trinajstić information content (AvgIpc) is 2.89. The minimum atomic E-state index is -4.67. The largest absolute Gasteiger partial charge is 0.573 e. The van der Waals surface area contributed by atoms with E-state index in [1.807, 2.05) is 0 Å². The molecular weight excluding hydrogens is 281 g/mol. The van der Waals surface area contributed by atoms with Gasteiger partial charge in [0.15, 0.2) is 0 Å². The van der Waals surface area contributed by atoms with E-state index < -0.39 is 12.5 Å². The Balaban J connectivity index is 1.99. The Bertz CT molecular complexity index is 448. The van der Waals surface area contributed by atoms with Crippen LogP contribution >= 0.6 is 0 Å². The summed E-state index contributed by atoms with van der Waals surface area (Å²) < 4.78 is 40.1. The van der Waals surface area contributed by atoms with E-state index in [9.17, 15) is 18.3 Å². The van der Waals surface area contributed by atoms with Crippen LogP contribution in [-0.2, 0) is 6.42 Å². The fourth-order valence-corrected chi connectivity index (χ4v) is 3.27. The lowest BCUT2D eigenvalue weighted by molar-refractivity contribution is -0.274. The molecular formula is C16H21F3O2. The van der Waals surface area contributed by atoms with Crippen LogP contribution in [0.4, 0.5) is 13.2 Å². The third kappa shape index (κ3) is 4.13. The second-order valence-corrected chi connectivity index (χ2v) is 5.83. The van der Waals surface area contributed by atoms with Gasteiger partial charge in [-0.1, -0.05) is 31.9 Å². The van der Waals surface area contributed by atoms with E-state index in [4.69, 9.17) is 0 Å². The van der Waals surface area contributed by atoms with Crippen LogP contribution in [0.2, 0.25) is 0 Å². The van der Waals surface area contributed by atoms with Crippen molar-refractivity contribution >= 4 is 0 Å². The van der Waals surface area contributed by atoms with Crippen LogP contribution in [-0.4, -0.2) is 17.6 Å². The molecule has 1 aliphatic carbocycles. The molecule has 0 bridgehead atoms. The van der Waals surface area contributed by atoms with Crippen molar-refractivity contribution < 1.29 is 23.0 Å². The van der Waals surface area contributed by atoms with Crippen LogP contribution in [0.5, 0.6) is 5.75 Å². The van der Waals surface area contributed by atoms with Crippen molar-refractivity contribution in [3.63, 3.8) is 0 Å². The molecule has 1 atom stereocenters. The Hall–Kier alpha value is -1.23. The Labute approximate surface area is 122 Å². The van der Waals surface area contributed by atoms with E-state index in [2.05, 4.69) is 11.7 Å². The van der Waals surface area contributed by atoms with E-state index in [1.54, 1.807) is 12.1 Å². The SMILES string of the molecule is CCC1(C(O)Cc2ccc(OC(F)(F)F)cc2)CCCC1. The van der Waals surface area contributed by atoms with Gasteiger partial charge in [-0.05, 0) is 48.8 Å². The zero-order valence-corrected chi connectivity index (χ0v) is 12.1. The van der Waals surface area contributed by atoms with Gasteiger partial charge < -0.3 is 9.84 Å². The molecule has 0 amide bonds. The van der Waals surface area contributed by atoms with E-state index >= 15 is 0 Å². The van der Waals surface area contributed by atoms with E-state index in [0.29, 0.717) is 6.42 Å². The summed E-state index contributed by atoms with van der Waals surface area (Å²) in [6, 6.07) is 5.76. The first-order valence-electron chi connectivity index (χ1n) is 7.37. The molecule has 118 valence electrons. The lowest BCUT2D eigenvalue weighted by atomic mass is 9.76. The third-order valence-electron chi connectivity index (χ3n) is 4.60. The summed E-state index contributed by atoms with van der Waals surface area (Å²) in [6.45, 7) is 2.09. The molecule has 1 unspecified atom stereocenters. The van der Waals surface area contributed by atoms with Gasteiger partial charge in [-0.3, -0.25) is 0 Å². The van der Waals surface area contributed by atoms with Crippen molar-refractivity contribution in [1.29, 1.82) is 0 Å². The molecule has 0 radical (unpaired) electrons. The molecule has 0 aliphatic heterocycles. The summed E-state index contributed by atoms with van der Waals surface area (Å²) in [6.07, 6.45) is 0.631. The van der Waals surface area contributed by atoms with Crippen LogP contribution in [0.1, 0.15) is 44.6 Å². The maximum absolute atomic E-state index is 12.1. The van der Waals surface area contributed by atoms with Gasteiger partial charge in [0.05, 0.1) is 6.10 Å².